The van der Waals surface area contributed by atoms with Gasteiger partial charge >= 0.3 is 11.9 Å². The summed E-state index contributed by atoms with van der Waals surface area (Å²) in [6, 6.07) is 10.4. The molecule has 1 aliphatic rings. The molecule has 222 valence electrons. The van der Waals surface area contributed by atoms with Crippen molar-refractivity contribution in [1.82, 2.24) is 4.98 Å². The van der Waals surface area contributed by atoms with Crippen molar-refractivity contribution >= 4 is 51.5 Å². The standard InChI is InChI=1S/C31H33ClN2O7S/c1-5-8-9-16-41-22-15-12-20(17-23(22)39-6-2)25-24(26(35)19-10-13-21(32)14-11-19)27(36)29(37)34(25)31-33-18(4)28(42-31)30(38)40-7-3/h10-15,17,25,35H,5-9,16H2,1-4H3. The van der Waals surface area contributed by atoms with E-state index in [1.165, 1.54) is 4.90 Å². The SMILES string of the molecule is CCCCCOc1ccc(C2C(=C(O)c3ccc(Cl)cc3)C(=O)C(=O)N2c2nc(C)c(C(=O)OCC)s2)cc1OCC. The van der Waals surface area contributed by atoms with Crippen LogP contribution in [0.5, 0.6) is 11.5 Å². The summed E-state index contributed by atoms with van der Waals surface area (Å²) in [7, 11) is 0. The van der Waals surface area contributed by atoms with Crippen LogP contribution in [0.3, 0.4) is 0 Å². The first-order chi connectivity index (χ1) is 20.2. The molecule has 1 fully saturated rings. The van der Waals surface area contributed by atoms with Gasteiger partial charge in [-0.05, 0) is 69.2 Å². The van der Waals surface area contributed by atoms with Crippen molar-refractivity contribution in [2.24, 2.45) is 0 Å². The molecule has 1 aliphatic heterocycles. The van der Waals surface area contributed by atoms with Crippen molar-refractivity contribution in [2.45, 2.75) is 53.0 Å². The van der Waals surface area contributed by atoms with Gasteiger partial charge in [0.25, 0.3) is 5.78 Å². The molecule has 9 nitrogen and oxygen atoms in total. The van der Waals surface area contributed by atoms with Gasteiger partial charge in [-0.3, -0.25) is 14.5 Å². The zero-order valence-corrected chi connectivity index (χ0v) is 25.5. The second-order valence-corrected chi connectivity index (χ2v) is 10.9. The average molecular weight is 613 g/mol. The van der Waals surface area contributed by atoms with Crippen LogP contribution in [-0.2, 0) is 14.3 Å². The minimum Gasteiger partial charge on any atom is -0.507 e. The summed E-state index contributed by atoms with van der Waals surface area (Å²) < 4.78 is 17.0. The molecular formula is C31H33ClN2O7S. The molecule has 1 N–H and O–H groups in total. The number of nitrogens with zero attached hydrogens (tertiary/aromatic N) is 2. The Labute approximate surface area is 253 Å². The molecule has 2 heterocycles. The van der Waals surface area contributed by atoms with Gasteiger partial charge in [-0.2, -0.15) is 0 Å². The summed E-state index contributed by atoms with van der Waals surface area (Å²) in [6.07, 6.45) is 2.97. The predicted octanol–water partition coefficient (Wildman–Crippen LogP) is 6.88. The Morgan fingerprint density at radius 1 is 1.02 bits per heavy atom. The number of ether oxygens (including phenoxy) is 3. The van der Waals surface area contributed by atoms with E-state index in [1.54, 1.807) is 56.3 Å². The molecule has 0 saturated carbocycles. The Morgan fingerprint density at radius 2 is 1.76 bits per heavy atom. The number of rotatable bonds is 12. The Kier molecular flexibility index (Phi) is 10.2. The number of carbonyl (C=O) groups is 3. The topological polar surface area (TPSA) is 115 Å². The number of amides is 1. The molecule has 0 bridgehead atoms. The molecule has 42 heavy (non-hydrogen) atoms. The van der Waals surface area contributed by atoms with E-state index in [2.05, 4.69) is 11.9 Å². The minimum absolute atomic E-state index is 0.121. The fourth-order valence-corrected chi connectivity index (χ4v) is 5.71. The average Bonchev–Trinajstić information content (AvgIpc) is 3.48. The zero-order chi connectivity index (χ0) is 30.4. The van der Waals surface area contributed by atoms with Gasteiger partial charge in [0, 0.05) is 10.6 Å². The second-order valence-electron chi connectivity index (χ2n) is 9.50. The maximum Gasteiger partial charge on any atom is 0.350 e. The fourth-order valence-electron chi connectivity index (χ4n) is 4.60. The lowest BCUT2D eigenvalue weighted by Crippen LogP contribution is -2.29. The first kappa shape index (κ1) is 31.1. The largest absolute Gasteiger partial charge is 0.507 e. The Hall–Kier alpha value is -3.89. The monoisotopic (exact) mass is 612 g/mol. The maximum absolute atomic E-state index is 13.6. The van der Waals surface area contributed by atoms with Crippen molar-refractivity contribution in [3.8, 4) is 11.5 Å². The highest BCUT2D eigenvalue weighted by molar-refractivity contribution is 7.17. The second kappa shape index (κ2) is 13.8. The maximum atomic E-state index is 13.6. The van der Waals surface area contributed by atoms with Crippen LogP contribution >= 0.6 is 22.9 Å². The third-order valence-corrected chi connectivity index (χ3v) is 7.99. The molecule has 11 heteroatoms. The van der Waals surface area contributed by atoms with E-state index < -0.39 is 23.7 Å². The summed E-state index contributed by atoms with van der Waals surface area (Å²) >= 11 is 6.98. The van der Waals surface area contributed by atoms with Crippen LogP contribution in [0.15, 0.2) is 48.0 Å². The van der Waals surface area contributed by atoms with E-state index in [9.17, 15) is 19.5 Å². The Balaban J connectivity index is 1.87. The summed E-state index contributed by atoms with van der Waals surface area (Å²) in [5.41, 5.74) is 1.02. The Morgan fingerprint density at radius 3 is 2.43 bits per heavy atom. The van der Waals surface area contributed by atoms with Crippen LogP contribution in [0.1, 0.15) is 72.6 Å². The molecule has 0 spiro atoms. The van der Waals surface area contributed by atoms with Crippen LogP contribution in [0.2, 0.25) is 5.02 Å². The van der Waals surface area contributed by atoms with E-state index in [-0.39, 0.29) is 27.9 Å². The summed E-state index contributed by atoms with van der Waals surface area (Å²) in [4.78, 5) is 45.6. The smallest absolute Gasteiger partial charge is 0.350 e. The number of halogens is 1. The normalized spacial score (nSPS) is 16.1. The molecular weight excluding hydrogens is 580 g/mol. The molecule has 1 atom stereocenters. The van der Waals surface area contributed by atoms with Crippen LogP contribution < -0.4 is 14.4 Å². The number of benzene rings is 2. The number of carbonyl (C=O) groups excluding carboxylic acids is 3. The highest BCUT2D eigenvalue weighted by Gasteiger charge is 2.48. The van der Waals surface area contributed by atoms with Crippen molar-refractivity contribution in [1.29, 1.82) is 0 Å². The number of aliphatic hydroxyl groups is 1. The van der Waals surface area contributed by atoms with Crippen molar-refractivity contribution in [2.75, 3.05) is 24.7 Å². The summed E-state index contributed by atoms with van der Waals surface area (Å²) in [5.74, 6) is -1.76. The van der Waals surface area contributed by atoms with Crippen molar-refractivity contribution < 1.29 is 33.7 Å². The van der Waals surface area contributed by atoms with Gasteiger partial charge < -0.3 is 19.3 Å². The predicted molar refractivity (Wildman–Crippen MR) is 162 cm³/mol. The van der Waals surface area contributed by atoms with E-state index in [0.29, 0.717) is 46.6 Å². The van der Waals surface area contributed by atoms with Crippen LogP contribution in [0.4, 0.5) is 5.13 Å². The first-order valence-electron chi connectivity index (χ1n) is 13.8. The van der Waals surface area contributed by atoms with Crippen LogP contribution in [0.25, 0.3) is 5.76 Å². The number of Topliss-reactive ketones (excluding diaryl/α,β-unsaturated/α-hetero) is 1. The minimum atomic E-state index is -1.07. The fraction of sp³-hybridized carbons (Fsp3) is 0.355. The molecule has 0 radical (unpaired) electrons. The highest BCUT2D eigenvalue weighted by atomic mass is 35.5. The molecule has 2 aromatic carbocycles. The third kappa shape index (κ3) is 6.44. The number of esters is 1. The number of aromatic nitrogens is 1. The number of thiazole rings is 1. The molecule has 1 amide bonds. The lowest BCUT2D eigenvalue weighted by Gasteiger charge is -2.24. The van der Waals surface area contributed by atoms with Crippen molar-refractivity contribution in [3.05, 3.63) is 74.8 Å². The van der Waals surface area contributed by atoms with Crippen molar-refractivity contribution in [3.63, 3.8) is 0 Å². The number of ketones is 1. The summed E-state index contributed by atoms with van der Waals surface area (Å²) in [6.45, 7) is 8.31. The van der Waals surface area contributed by atoms with Gasteiger partial charge in [0.2, 0.25) is 0 Å². The number of unbranched alkanes of at least 4 members (excludes halogenated alkanes) is 2. The highest BCUT2D eigenvalue weighted by Crippen LogP contribution is 2.45. The van der Waals surface area contributed by atoms with E-state index in [4.69, 9.17) is 25.8 Å². The number of anilines is 1. The summed E-state index contributed by atoms with van der Waals surface area (Å²) in [5, 5.41) is 12.0. The molecule has 1 saturated heterocycles. The van der Waals surface area contributed by atoms with E-state index in [0.717, 1.165) is 30.6 Å². The van der Waals surface area contributed by atoms with Gasteiger partial charge in [-0.25, -0.2) is 9.78 Å². The van der Waals surface area contributed by atoms with Gasteiger partial charge in [-0.15, -0.1) is 0 Å². The van der Waals surface area contributed by atoms with Crippen LogP contribution in [0, 0.1) is 6.92 Å². The van der Waals surface area contributed by atoms with Gasteiger partial charge in [0.15, 0.2) is 16.6 Å². The van der Waals surface area contributed by atoms with E-state index in [1.807, 2.05) is 6.92 Å². The lowest BCUT2D eigenvalue weighted by atomic mass is 9.95. The zero-order valence-electron chi connectivity index (χ0n) is 23.9. The number of hydrogen-bond acceptors (Lipinski definition) is 9. The van der Waals surface area contributed by atoms with Gasteiger partial charge in [0.1, 0.15) is 10.6 Å². The van der Waals surface area contributed by atoms with Gasteiger partial charge in [-0.1, -0.05) is 48.8 Å². The molecule has 4 rings (SSSR count). The Bertz CT molecular complexity index is 1500. The lowest BCUT2D eigenvalue weighted by molar-refractivity contribution is -0.132. The van der Waals surface area contributed by atoms with Gasteiger partial charge in [0.05, 0.1) is 37.1 Å². The molecule has 1 aromatic heterocycles. The number of aliphatic hydroxyl groups excluding tert-OH is 1. The number of aryl methyl sites for hydroxylation is 1. The molecule has 1 unspecified atom stereocenters. The first-order valence-corrected chi connectivity index (χ1v) is 15.0. The molecule has 3 aromatic rings. The molecule has 0 aliphatic carbocycles. The van der Waals surface area contributed by atoms with E-state index >= 15 is 0 Å². The van der Waals surface area contributed by atoms with Crippen LogP contribution in [-0.4, -0.2) is 47.6 Å². The third-order valence-electron chi connectivity index (χ3n) is 6.60. The quantitative estimate of drug-likeness (QED) is 0.0774. The number of hydrogen-bond donors (Lipinski definition) is 1.